The molecular formula is C11H15ClN2O2. The maximum absolute atomic E-state index is 11.9. The first-order valence-electron chi connectivity index (χ1n) is 5.01. The fourth-order valence-electron chi connectivity index (χ4n) is 1.30. The van der Waals surface area contributed by atoms with Crippen molar-refractivity contribution in [1.29, 1.82) is 0 Å². The molecule has 0 saturated heterocycles. The van der Waals surface area contributed by atoms with Gasteiger partial charge in [0.1, 0.15) is 5.15 Å². The van der Waals surface area contributed by atoms with E-state index < -0.39 is 0 Å². The van der Waals surface area contributed by atoms with Crippen LogP contribution in [0.1, 0.15) is 16.8 Å². The number of carbonyl (C=O) groups is 1. The Morgan fingerprint density at radius 3 is 3.00 bits per heavy atom. The lowest BCUT2D eigenvalue weighted by Crippen LogP contribution is -2.28. The van der Waals surface area contributed by atoms with Gasteiger partial charge < -0.3 is 9.64 Å². The highest BCUT2D eigenvalue weighted by atomic mass is 35.5. The zero-order valence-corrected chi connectivity index (χ0v) is 10.2. The van der Waals surface area contributed by atoms with Gasteiger partial charge in [0.15, 0.2) is 0 Å². The van der Waals surface area contributed by atoms with Crippen LogP contribution in [0.2, 0.25) is 5.15 Å². The molecule has 1 heterocycles. The van der Waals surface area contributed by atoms with Crippen molar-refractivity contribution in [1.82, 2.24) is 9.88 Å². The largest absolute Gasteiger partial charge is 0.385 e. The van der Waals surface area contributed by atoms with Gasteiger partial charge >= 0.3 is 0 Å². The van der Waals surface area contributed by atoms with Crippen LogP contribution in [-0.2, 0) is 4.74 Å². The van der Waals surface area contributed by atoms with Gasteiger partial charge in [-0.15, -0.1) is 0 Å². The number of methoxy groups -OCH3 is 1. The van der Waals surface area contributed by atoms with Crippen molar-refractivity contribution in [2.24, 2.45) is 0 Å². The zero-order valence-electron chi connectivity index (χ0n) is 9.44. The summed E-state index contributed by atoms with van der Waals surface area (Å²) < 4.78 is 4.93. The molecule has 0 aromatic carbocycles. The summed E-state index contributed by atoms with van der Waals surface area (Å²) in [7, 11) is 3.40. The third-order valence-corrected chi connectivity index (χ3v) is 2.37. The minimum absolute atomic E-state index is 0.0552. The van der Waals surface area contributed by atoms with E-state index >= 15 is 0 Å². The number of hydrogen-bond donors (Lipinski definition) is 0. The molecule has 0 spiro atoms. The van der Waals surface area contributed by atoms with Crippen LogP contribution in [0, 0.1) is 0 Å². The Balaban J connectivity index is 2.56. The van der Waals surface area contributed by atoms with Crippen LogP contribution in [-0.4, -0.2) is 43.1 Å². The van der Waals surface area contributed by atoms with E-state index in [0.29, 0.717) is 23.9 Å². The van der Waals surface area contributed by atoms with E-state index in [0.717, 1.165) is 6.42 Å². The third kappa shape index (κ3) is 3.79. The number of carbonyl (C=O) groups excluding carboxylic acids is 1. The summed E-state index contributed by atoms with van der Waals surface area (Å²) in [6.07, 6.45) is 2.34. The Hall–Kier alpha value is -1.13. The van der Waals surface area contributed by atoms with Crippen LogP contribution in [0.15, 0.2) is 18.3 Å². The van der Waals surface area contributed by atoms with Crippen LogP contribution < -0.4 is 0 Å². The van der Waals surface area contributed by atoms with E-state index in [1.165, 1.54) is 6.20 Å². The van der Waals surface area contributed by atoms with Crippen molar-refractivity contribution < 1.29 is 9.53 Å². The molecule has 88 valence electrons. The number of pyridine rings is 1. The van der Waals surface area contributed by atoms with E-state index in [9.17, 15) is 4.79 Å². The second-order valence-corrected chi connectivity index (χ2v) is 3.83. The minimum atomic E-state index is -0.0552. The molecule has 4 nitrogen and oxygen atoms in total. The maximum atomic E-state index is 11.9. The van der Waals surface area contributed by atoms with E-state index in [1.807, 2.05) is 0 Å². The number of hydrogen-bond acceptors (Lipinski definition) is 3. The Kier molecular flexibility index (Phi) is 5.22. The highest BCUT2D eigenvalue weighted by Gasteiger charge is 2.11. The first-order chi connectivity index (χ1) is 7.65. The van der Waals surface area contributed by atoms with Crippen molar-refractivity contribution in [2.45, 2.75) is 6.42 Å². The van der Waals surface area contributed by atoms with Crippen LogP contribution >= 0.6 is 11.6 Å². The highest BCUT2D eigenvalue weighted by Crippen LogP contribution is 2.09. The SMILES string of the molecule is COCCCN(C)C(=O)c1ccnc(Cl)c1. The van der Waals surface area contributed by atoms with Gasteiger partial charge in [0.2, 0.25) is 0 Å². The van der Waals surface area contributed by atoms with Gasteiger partial charge in [-0.1, -0.05) is 11.6 Å². The molecule has 0 fully saturated rings. The lowest BCUT2D eigenvalue weighted by molar-refractivity contribution is 0.0779. The fraction of sp³-hybridized carbons (Fsp3) is 0.455. The quantitative estimate of drug-likeness (QED) is 0.585. The topological polar surface area (TPSA) is 42.4 Å². The number of ether oxygens (including phenoxy) is 1. The van der Waals surface area contributed by atoms with Gasteiger partial charge in [0, 0.05) is 39.1 Å². The average molecular weight is 243 g/mol. The number of halogens is 1. The molecule has 0 atom stereocenters. The second-order valence-electron chi connectivity index (χ2n) is 3.44. The van der Waals surface area contributed by atoms with Crippen molar-refractivity contribution in [3.63, 3.8) is 0 Å². The third-order valence-electron chi connectivity index (χ3n) is 2.16. The molecule has 0 radical (unpaired) electrons. The van der Waals surface area contributed by atoms with E-state index in [1.54, 1.807) is 31.2 Å². The van der Waals surface area contributed by atoms with Gasteiger partial charge in [0.25, 0.3) is 5.91 Å². The Morgan fingerprint density at radius 2 is 2.38 bits per heavy atom. The van der Waals surface area contributed by atoms with Gasteiger partial charge in [-0.05, 0) is 18.6 Å². The van der Waals surface area contributed by atoms with Gasteiger partial charge in [-0.2, -0.15) is 0 Å². The monoisotopic (exact) mass is 242 g/mol. The van der Waals surface area contributed by atoms with Gasteiger partial charge in [-0.25, -0.2) is 4.98 Å². The van der Waals surface area contributed by atoms with Gasteiger partial charge in [-0.3, -0.25) is 4.79 Å². The standard InChI is InChI=1S/C11H15ClN2O2/c1-14(6-3-7-16-2)11(15)9-4-5-13-10(12)8-9/h4-5,8H,3,6-7H2,1-2H3. The Morgan fingerprint density at radius 1 is 1.62 bits per heavy atom. The molecule has 0 N–H and O–H groups in total. The summed E-state index contributed by atoms with van der Waals surface area (Å²) in [6.45, 7) is 1.31. The van der Waals surface area contributed by atoms with Crippen molar-refractivity contribution in [3.05, 3.63) is 29.0 Å². The fourth-order valence-corrected chi connectivity index (χ4v) is 1.48. The lowest BCUT2D eigenvalue weighted by Gasteiger charge is -2.16. The molecule has 16 heavy (non-hydrogen) atoms. The first-order valence-corrected chi connectivity index (χ1v) is 5.39. The summed E-state index contributed by atoms with van der Waals surface area (Å²) in [5.74, 6) is -0.0552. The molecule has 0 saturated carbocycles. The second kappa shape index (κ2) is 6.45. The summed E-state index contributed by atoms with van der Waals surface area (Å²) in [6, 6.07) is 3.22. The summed E-state index contributed by atoms with van der Waals surface area (Å²) in [5.41, 5.74) is 0.555. The molecule has 1 rings (SSSR count). The molecule has 0 unspecified atom stereocenters. The number of aromatic nitrogens is 1. The lowest BCUT2D eigenvalue weighted by atomic mass is 10.2. The van der Waals surface area contributed by atoms with Gasteiger partial charge in [0.05, 0.1) is 0 Å². The molecule has 1 aromatic rings. The molecule has 0 bridgehead atoms. The predicted molar refractivity (Wildman–Crippen MR) is 62.7 cm³/mol. The highest BCUT2D eigenvalue weighted by molar-refractivity contribution is 6.29. The average Bonchev–Trinajstić information content (AvgIpc) is 2.28. The normalized spacial score (nSPS) is 10.2. The van der Waals surface area contributed by atoms with Crippen LogP contribution in [0.5, 0.6) is 0 Å². The number of rotatable bonds is 5. The molecule has 5 heteroatoms. The molecule has 1 amide bonds. The Labute approximate surface area is 100 Å². The van der Waals surface area contributed by atoms with Crippen LogP contribution in [0.4, 0.5) is 0 Å². The minimum Gasteiger partial charge on any atom is -0.385 e. The smallest absolute Gasteiger partial charge is 0.253 e. The summed E-state index contributed by atoms with van der Waals surface area (Å²) in [5, 5.41) is 0.330. The number of nitrogens with zero attached hydrogens (tertiary/aromatic N) is 2. The summed E-state index contributed by atoms with van der Waals surface area (Å²) in [4.78, 5) is 17.4. The molecule has 0 aliphatic heterocycles. The van der Waals surface area contributed by atoms with Crippen molar-refractivity contribution >= 4 is 17.5 Å². The summed E-state index contributed by atoms with van der Waals surface area (Å²) >= 11 is 5.72. The van der Waals surface area contributed by atoms with Crippen LogP contribution in [0.25, 0.3) is 0 Å². The zero-order chi connectivity index (χ0) is 12.0. The molecule has 0 aliphatic rings. The van der Waals surface area contributed by atoms with E-state index in [2.05, 4.69) is 4.98 Å². The van der Waals surface area contributed by atoms with Crippen molar-refractivity contribution in [2.75, 3.05) is 27.3 Å². The maximum Gasteiger partial charge on any atom is 0.253 e. The molecular weight excluding hydrogens is 228 g/mol. The first kappa shape index (κ1) is 12.9. The molecule has 0 aliphatic carbocycles. The number of amides is 1. The molecule has 1 aromatic heterocycles. The van der Waals surface area contributed by atoms with Crippen LogP contribution in [0.3, 0.4) is 0 Å². The predicted octanol–water partition coefficient (Wildman–Crippen LogP) is 1.84. The Bertz CT molecular complexity index is 358. The van der Waals surface area contributed by atoms with E-state index in [4.69, 9.17) is 16.3 Å². The van der Waals surface area contributed by atoms with Crippen molar-refractivity contribution in [3.8, 4) is 0 Å². The van der Waals surface area contributed by atoms with E-state index in [-0.39, 0.29) is 5.91 Å².